The molecule has 2 N–H and O–H groups in total. The molecule has 0 aliphatic carbocycles. The molecule has 1 aromatic rings. The molecule has 1 heterocycles. The number of nitrogens with two attached hydrogens (primary N) is 1. The van der Waals surface area contributed by atoms with E-state index in [0.29, 0.717) is 0 Å². The first-order valence-corrected chi connectivity index (χ1v) is 3.25. The average Bonchev–Trinajstić information content (AvgIpc) is 2.01. The predicted octanol–water partition coefficient (Wildman–Crippen LogP) is 1.000. The fraction of sp³-hybridized carbons (Fsp3) is 0.333. The molecule has 4 nitrogen and oxygen atoms in total. The van der Waals surface area contributed by atoms with E-state index in [0.717, 1.165) is 0 Å². The lowest BCUT2D eigenvalue weighted by molar-refractivity contribution is -0.154. The van der Waals surface area contributed by atoms with Crippen LogP contribution in [0.3, 0.4) is 0 Å². The van der Waals surface area contributed by atoms with Crippen LogP contribution in [-0.4, -0.2) is 22.8 Å². The first-order valence-electron chi connectivity index (χ1n) is 3.25. The number of halogens is 3. The molecule has 7 heteroatoms. The van der Waals surface area contributed by atoms with Crippen molar-refractivity contribution in [1.29, 1.82) is 0 Å². The third kappa shape index (κ3) is 3.14. The Bertz CT molecular complexity index is 289. The molecule has 1 rings (SSSR count). The first-order chi connectivity index (χ1) is 5.99. The van der Waals surface area contributed by atoms with Crippen LogP contribution in [0.4, 0.5) is 19.0 Å². The van der Waals surface area contributed by atoms with E-state index >= 15 is 0 Å². The smallest absolute Gasteiger partial charge is 0.422 e. The normalized spacial score (nSPS) is 11.3. The number of hydrogen-bond donors (Lipinski definition) is 1. The lowest BCUT2D eigenvalue weighted by Gasteiger charge is -2.08. The maximum absolute atomic E-state index is 11.7. The van der Waals surface area contributed by atoms with Crippen LogP contribution in [0.25, 0.3) is 0 Å². The molecule has 0 bridgehead atoms. The van der Waals surface area contributed by atoms with Crippen molar-refractivity contribution in [3.05, 3.63) is 12.4 Å². The predicted molar refractivity (Wildman–Crippen MR) is 38.0 cm³/mol. The Labute approximate surface area is 71.6 Å². The van der Waals surface area contributed by atoms with Crippen LogP contribution < -0.4 is 10.5 Å². The van der Waals surface area contributed by atoms with Gasteiger partial charge in [-0.15, -0.1) is 0 Å². The van der Waals surface area contributed by atoms with Crippen molar-refractivity contribution in [2.45, 2.75) is 6.18 Å². The van der Waals surface area contributed by atoms with E-state index in [-0.39, 0.29) is 11.7 Å². The molecule has 0 amide bonds. The average molecular weight is 193 g/mol. The molecule has 1 aromatic heterocycles. The van der Waals surface area contributed by atoms with Crippen molar-refractivity contribution in [3.8, 4) is 5.88 Å². The summed E-state index contributed by atoms with van der Waals surface area (Å²) in [4.78, 5) is 6.97. The second-order valence-corrected chi connectivity index (χ2v) is 2.15. The van der Waals surface area contributed by atoms with E-state index in [1.165, 1.54) is 12.4 Å². The van der Waals surface area contributed by atoms with Gasteiger partial charge in [-0.2, -0.15) is 13.2 Å². The van der Waals surface area contributed by atoms with Gasteiger partial charge in [0.1, 0.15) is 0 Å². The second-order valence-electron chi connectivity index (χ2n) is 2.15. The zero-order valence-corrected chi connectivity index (χ0v) is 6.38. The quantitative estimate of drug-likeness (QED) is 0.761. The SMILES string of the molecule is Nc1nccnc1OCC(F)(F)F. The van der Waals surface area contributed by atoms with Gasteiger partial charge in [0.15, 0.2) is 12.4 Å². The van der Waals surface area contributed by atoms with E-state index in [4.69, 9.17) is 5.73 Å². The second kappa shape index (κ2) is 3.46. The van der Waals surface area contributed by atoms with E-state index in [9.17, 15) is 13.2 Å². The topological polar surface area (TPSA) is 61.0 Å². The Balaban J connectivity index is 2.60. The maximum Gasteiger partial charge on any atom is 0.422 e. The summed E-state index contributed by atoms with van der Waals surface area (Å²) in [5, 5.41) is 0. The molecule has 13 heavy (non-hydrogen) atoms. The van der Waals surface area contributed by atoms with Gasteiger partial charge in [-0.1, -0.05) is 0 Å². The molecule has 0 atom stereocenters. The highest BCUT2D eigenvalue weighted by Crippen LogP contribution is 2.19. The molecule has 0 aromatic carbocycles. The van der Waals surface area contributed by atoms with Crippen LogP contribution in [0.1, 0.15) is 0 Å². The van der Waals surface area contributed by atoms with E-state index < -0.39 is 12.8 Å². The molecule has 0 aliphatic rings. The minimum absolute atomic E-state index is 0.160. The number of anilines is 1. The van der Waals surface area contributed by atoms with E-state index in [1.807, 2.05) is 0 Å². The molecule has 0 radical (unpaired) electrons. The largest absolute Gasteiger partial charge is 0.465 e. The van der Waals surface area contributed by atoms with Crippen LogP contribution in [0.15, 0.2) is 12.4 Å². The van der Waals surface area contributed by atoms with Crippen LogP contribution in [0.5, 0.6) is 5.88 Å². The Morgan fingerprint density at radius 1 is 1.31 bits per heavy atom. The highest BCUT2D eigenvalue weighted by molar-refractivity contribution is 5.38. The summed E-state index contributed by atoms with van der Waals surface area (Å²) >= 11 is 0. The number of alkyl halides is 3. The lowest BCUT2D eigenvalue weighted by atomic mass is 10.6. The van der Waals surface area contributed by atoms with Gasteiger partial charge in [0.05, 0.1) is 0 Å². The van der Waals surface area contributed by atoms with Crippen LogP contribution >= 0.6 is 0 Å². The monoisotopic (exact) mass is 193 g/mol. The Hall–Kier alpha value is -1.53. The van der Waals surface area contributed by atoms with Crippen molar-refractivity contribution in [2.75, 3.05) is 12.3 Å². The van der Waals surface area contributed by atoms with E-state index in [2.05, 4.69) is 14.7 Å². The summed E-state index contributed by atoms with van der Waals surface area (Å²) in [5.41, 5.74) is 5.18. The van der Waals surface area contributed by atoms with Crippen molar-refractivity contribution >= 4 is 5.82 Å². The summed E-state index contributed by atoms with van der Waals surface area (Å²) in [7, 11) is 0. The standard InChI is InChI=1S/C6H6F3N3O/c7-6(8,9)3-13-5-4(10)11-1-2-12-5/h1-2H,3H2,(H2,10,11). The molecule has 0 fully saturated rings. The highest BCUT2D eigenvalue weighted by Gasteiger charge is 2.29. The van der Waals surface area contributed by atoms with Crippen LogP contribution in [-0.2, 0) is 0 Å². The number of nitrogen functional groups attached to an aromatic ring is 1. The molecule has 0 spiro atoms. The van der Waals surface area contributed by atoms with Gasteiger partial charge >= 0.3 is 6.18 Å². The molecule has 72 valence electrons. The fourth-order valence-corrected chi connectivity index (χ4v) is 0.597. The van der Waals surface area contributed by atoms with Crippen LogP contribution in [0, 0.1) is 0 Å². The summed E-state index contributed by atoms with van der Waals surface area (Å²) in [6, 6.07) is 0. The molecule has 0 aliphatic heterocycles. The third-order valence-corrected chi connectivity index (χ3v) is 1.06. The molecular formula is C6H6F3N3O. The van der Waals surface area contributed by atoms with Crippen molar-refractivity contribution in [2.24, 2.45) is 0 Å². The minimum Gasteiger partial charge on any atom is -0.465 e. The summed E-state index contributed by atoms with van der Waals surface area (Å²) in [6.07, 6.45) is -1.94. The minimum atomic E-state index is -4.40. The molecule has 0 unspecified atom stereocenters. The number of aromatic nitrogens is 2. The zero-order chi connectivity index (χ0) is 9.90. The molecular weight excluding hydrogens is 187 g/mol. The van der Waals surface area contributed by atoms with Gasteiger partial charge in [0.2, 0.25) is 0 Å². The fourth-order valence-electron chi connectivity index (χ4n) is 0.597. The number of nitrogens with zero attached hydrogens (tertiary/aromatic N) is 2. The summed E-state index contributed by atoms with van der Waals surface area (Å²) in [5.74, 6) is -0.466. The Morgan fingerprint density at radius 2 is 1.92 bits per heavy atom. The third-order valence-electron chi connectivity index (χ3n) is 1.06. The summed E-state index contributed by atoms with van der Waals surface area (Å²) in [6.45, 7) is -1.42. The van der Waals surface area contributed by atoms with Crippen molar-refractivity contribution < 1.29 is 17.9 Å². The van der Waals surface area contributed by atoms with Crippen molar-refractivity contribution in [3.63, 3.8) is 0 Å². The molecule has 0 saturated carbocycles. The zero-order valence-electron chi connectivity index (χ0n) is 6.38. The van der Waals surface area contributed by atoms with Gasteiger partial charge in [0, 0.05) is 12.4 Å². The first kappa shape index (κ1) is 9.56. The number of rotatable bonds is 2. The van der Waals surface area contributed by atoms with Gasteiger partial charge in [0.25, 0.3) is 5.88 Å². The number of ether oxygens (including phenoxy) is 1. The van der Waals surface area contributed by atoms with Gasteiger partial charge in [-0.3, -0.25) is 0 Å². The molecule has 0 saturated heterocycles. The van der Waals surface area contributed by atoms with E-state index in [1.54, 1.807) is 0 Å². The Morgan fingerprint density at radius 3 is 2.46 bits per heavy atom. The van der Waals surface area contributed by atoms with Gasteiger partial charge in [-0.25, -0.2) is 9.97 Å². The summed E-state index contributed by atoms with van der Waals surface area (Å²) < 4.78 is 39.3. The maximum atomic E-state index is 11.7. The van der Waals surface area contributed by atoms with Crippen LogP contribution in [0.2, 0.25) is 0 Å². The van der Waals surface area contributed by atoms with Crippen molar-refractivity contribution in [1.82, 2.24) is 9.97 Å². The van der Waals surface area contributed by atoms with Gasteiger partial charge < -0.3 is 10.5 Å². The highest BCUT2D eigenvalue weighted by atomic mass is 19.4. The lowest BCUT2D eigenvalue weighted by Crippen LogP contribution is -2.20. The Kier molecular flexibility index (Phi) is 2.54. The van der Waals surface area contributed by atoms with Gasteiger partial charge in [-0.05, 0) is 0 Å². The number of hydrogen-bond acceptors (Lipinski definition) is 4.